The van der Waals surface area contributed by atoms with E-state index < -0.39 is 0 Å². The van der Waals surface area contributed by atoms with Crippen LogP contribution < -0.4 is 0 Å². The first-order valence-corrected chi connectivity index (χ1v) is 3.48. The summed E-state index contributed by atoms with van der Waals surface area (Å²) >= 11 is 0. The highest BCUT2D eigenvalue weighted by Gasteiger charge is 2.24. The van der Waals surface area contributed by atoms with Crippen molar-refractivity contribution in [3.05, 3.63) is 0 Å². The fourth-order valence-electron chi connectivity index (χ4n) is 1.30. The molecule has 0 nitrogen and oxygen atoms in total. The molecule has 0 spiro atoms. The van der Waals surface area contributed by atoms with Crippen LogP contribution >= 0.6 is 0 Å². The molecule has 0 amide bonds. The largest absolute Gasteiger partial charge is 0.0902 e. The lowest BCUT2D eigenvalue weighted by molar-refractivity contribution is 1.09. The van der Waals surface area contributed by atoms with Gasteiger partial charge in [0.1, 0.15) is 0 Å². The van der Waals surface area contributed by atoms with Crippen molar-refractivity contribution in [2.75, 3.05) is 0 Å². The molecule has 0 atom stereocenters. The van der Waals surface area contributed by atoms with Crippen LogP contribution in [0, 0.1) is 0 Å². The Morgan fingerprint density at radius 2 is 2.44 bits per heavy atom. The Morgan fingerprint density at radius 1 is 1.67 bits per heavy atom. The van der Waals surface area contributed by atoms with Gasteiger partial charge in [0.05, 0.1) is 13.7 Å². The molecule has 0 aromatic heterocycles. The Kier molecular flexibility index (Phi) is 2.94. The van der Waals surface area contributed by atoms with Gasteiger partial charge in [-0.1, -0.05) is 19.1 Å². The Labute approximate surface area is 62.3 Å². The van der Waals surface area contributed by atoms with Crippen LogP contribution in [0.4, 0.5) is 0 Å². The molecule has 1 saturated heterocycles. The first kappa shape index (κ1) is 7.50. The molecule has 0 N–H and O–H groups in total. The van der Waals surface area contributed by atoms with E-state index >= 15 is 0 Å². The van der Waals surface area contributed by atoms with E-state index in [2.05, 4.69) is 7.17 Å². The van der Waals surface area contributed by atoms with Gasteiger partial charge >= 0.3 is 0 Å². The van der Waals surface area contributed by atoms with Crippen LogP contribution in [-0.4, -0.2) is 42.6 Å². The van der Waals surface area contributed by atoms with Gasteiger partial charge in [-0.25, -0.2) is 0 Å². The SMILES string of the molecule is [B][B]B([B])B1[B]CCC1. The van der Waals surface area contributed by atoms with Crippen LogP contribution in [0.3, 0.4) is 0 Å². The molecule has 1 aliphatic heterocycles. The predicted octanol–water partition coefficient (Wildman–Crippen LogP) is -0.973. The second-order valence-electron chi connectivity index (χ2n) is 2.60. The minimum Gasteiger partial charge on any atom is -0.0902 e. The van der Waals surface area contributed by atoms with Gasteiger partial charge in [-0.2, -0.15) is 0 Å². The second-order valence-corrected chi connectivity index (χ2v) is 2.60. The third kappa shape index (κ3) is 1.91. The average Bonchev–Trinajstić information content (AvgIpc) is 2.37. The zero-order valence-corrected chi connectivity index (χ0v) is 5.59. The van der Waals surface area contributed by atoms with E-state index in [1.54, 1.807) is 7.06 Å². The van der Waals surface area contributed by atoms with Gasteiger partial charge in [0.25, 0.3) is 0 Å². The van der Waals surface area contributed by atoms with E-state index in [4.69, 9.17) is 15.5 Å². The standard InChI is InChI=1S/C3H6B6/c4-7-9(5)8-3-1-2-6-8/h1-3H2. The first-order chi connectivity index (χ1) is 4.34. The zero-order valence-electron chi connectivity index (χ0n) is 5.59. The highest BCUT2D eigenvalue weighted by molar-refractivity contribution is 7.75. The summed E-state index contributed by atoms with van der Waals surface area (Å²) in [6, 6.07) is 0. The molecule has 0 bridgehead atoms. The van der Waals surface area contributed by atoms with Crippen molar-refractivity contribution in [1.29, 1.82) is 0 Å². The highest BCUT2D eigenvalue weighted by Crippen LogP contribution is 2.11. The fraction of sp³-hybridized carbons (Fsp3) is 1.00. The van der Waals surface area contributed by atoms with Gasteiger partial charge in [0, 0.05) is 28.9 Å². The maximum atomic E-state index is 5.67. The van der Waals surface area contributed by atoms with Crippen molar-refractivity contribution >= 4 is 42.6 Å². The van der Waals surface area contributed by atoms with Crippen LogP contribution in [0.2, 0.25) is 12.6 Å². The monoisotopic (exact) mass is 108 g/mol. The van der Waals surface area contributed by atoms with E-state index in [0.29, 0.717) is 6.49 Å². The lowest BCUT2D eigenvalue weighted by atomic mass is 8.78. The molecule has 0 aromatic rings. The Bertz CT molecular complexity index is 78.4. The van der Waals surface area contributed by atoms with Crippen LogP contribution in [0.25, 0.3) is 0 Å². The quantitative estimate of drug-likeness (QED) is 0.398. The summed E-state index contributed by atoms with van der Waals surface area (Å²) in [4.78, 5) is 0. The molecular formula is C3H6B6. The van der Waals surface area contributed by atoms with Crippen LogP contribution in [0.5, 0.6) is 0 Å². The van der Waals surface area contributed by atoms with Crippen molar-refractivity contribution in [2.45, 2.75) is 19.1 Å². The molecule has 0 aliphatic carbocycles. The van der Waals surface area contributed by atoms with Crippen LogP contribution in [0.15, 0.2) is 0 Å². The number of hydrogen-bond donors (Lipinski definition) is 0. The topological polar surface area (TPSA) is 0 Å². The predicted molar refractivity (Wildman–Crippen MR) is 48.8 cm³/mol. The minimum atomic E-state index is 0.0903. The van der Waals surface area contributed by atoms with Crippen molar-refractivity contribution in [3.8, 4) is 0 Å². The summed E-state index contributed by atoms with van der Waals surface area (Å²) in [5.41, 5.74) is 0. The molecule has 0 aromatic carbocycles. The second kappa shape index (κ2) is 3.53. The Hall–Kier alpha value is 0.390. The summed E-state index contributed by atoms with van der Waals surface area (Å²) in [5, 5.41) is 0. The molecule has 36 valence electrons. The van der Waals surface area contributed by atoms with Gasteiger partial charge in [0.15, 0.2) is 0 Å². The molecule has 6 heteroatoms. The van der Waals surface area contributed by atoms with E-state index in [9.17, 15) is 0 Å². The maximum Gasteiger partial charge on any atom is 0.0644 e. The van der Waals surface area contributed by atoms with Crippen LogP contribution in [-0.2, 0) is 0 Å². The van der Waals surface area contributed by atoms with Gasteiger partial charge in [-0.3, -0.25) is 0 Å². The van der Waals surface area contributed by atoms with Gasteiger partial charge in [0.2, 0.25) is 0 Å². The fourth-order valence-corrected chi connectivity index (χ4v) is 1.30. The maximum absolute atomic E-state index is 5.67. The molecule has 1 rings (SSSR count). The zero-order chi connectivity index (χ0) is 6.69. The van der Waals surface area contributed by atoms with Crippen molar-refractivity contribution in [1.82, 2.24) is 0 Å². The lowest BCUT2D eigenvalue weighted by Crippen LogP contribution is -2.44. The molecule has 0 unspecified atom stereocenters. The molecule has 1 heterocycles. The van der Waals surface area contributed by atoms with Crippen molar-refractivity contribution in [3.63, 3.8) is 0 Å². The van der Waals surface area contributed by atoms with Gasteiger partial charge < -0.3 is 0 Å². The number of hydrogen-bond acceptors (Lipinski definition) is 0. The van der Waals surface area contributed by atoms with Gasteiger partial charge in [-0.15, -0.1) is 0 Å². The third-order valence-corrected chi connectivity index (χ3v) is 1.93. The molecule has 1 aliphatic rings. The molecule has 1 fully saturated rings. The third-order valence-electron chi connectivity index (χ3n) is 1.93. The van der Waals surface area contributed by atoms with Gasteiger partial charge in [-0.05, 0) is 0 Å². The normalized spacial score (nSPS) is 17.1. The summed E-state index contributed by atoms with van der Waals surface area (Å²) in [5.74, 6) is 0. The Morgan fingerprint density at radius 3 is 2.89 bits per heavy atom. The first-order valence-electron chi connectivity index (χ1n) is 3.48. The minimum absolute atomic E-state index is 0.0903. The van der Waals surface area contributed by atoms with E-state index in [1.165, 1.54) is 19.1 Å². The molecular weight excluding hydrogens is 101 g/mol. The molecule has 0 saturated carbocycles. The average molecular weight is 107 g/mol. The van der Waals surface area contributed by atoms with E-state index in [0.717, 1.165) is 0 Å². The molecule has 6 radical (unpaired) electrons. The summed E-state index contributed by atoms with van der Waals surface area (Å²) in [6.45, 7) is 0.551. The number of rotatable bonds is 2. The van der Waals surface area contributed by atoms with Crippen LogP contribution in [0.1, 0.15) is 6.42 Å². The smallest absolute Gasteiger partial charge is 0.0644 e. The van der Waals surface area contributed by atoms with Crippen molar-refractivity contribution in [2.24, 2.45) is 0 Å². The summed E-state index contributed by atoms with van der Waals surface area (Å²) < 4.78 is 0. The lowest BCUT2D eigenvalue weighted by Gasteiger charge is -2.09. The van der Waals surface area contributed by atoms with Crippen molar-refractivity contribution < 1.29 is 0 Å². The molecule has 9 heavy (non-hydrogen) atoms. The summed E-state index contributed by atoms with van der Waals surface area (Å²) in [7, 11) is 14.8. The Balaban J connectivity index is 2.24. The highest BCUT2D eigenvalue weighted by atomic mass is 13.8. The van der Waals surface area contributed by atoms with E-state index in [1.807, 2.05) is 0 Å². The van der Waals surface area contributed by atoms with E-state index in [-0.39, 0.29) is 6.39 Å². The summed E-state index contributed by atoms with van der Waals surface area (Å²) in [6.07, 6.45) is 3.81.